The molecule has 1 atom stereocenters. The van der Waals surface area contributed by atoms with Crippen LogP contribution in [0.5, 0.6) is 0 Å². The molecule has 0 aromatic heterocycles. The number of nitrogens with two attached hydrogens (primary N) is 1. The van der Waals surface area contributed by atoms with Crippen LogP contribution in [0.4, 0.5) is 0 Å². The molecule has 0 spiro atoms. The second-order valence-electron chi connectivity index (χ2n) is 2.63. The molecule has 74 valence electrons. The molecule has 0 aliphatic rings. The van der Waals surface area contributed by atoms with E-state index in [2.05, 4.69) is 0 Å². The highest BCUT2D eigenvalue weighted by Crippen LogP contribution is 1.92. The van der Waals surface area contributed by atoms with E-state index in [0.717, 1.165) is 4.86 Å². The van der Waals surface area contributed by atoms with Gasteiger partial charge in [0.15, 0.2) is 0 Å². The molecule has 0 rings (SSSR count). The summed E-state index contributed by atoms with van der Waals surface area (Å²) in [5, 5.41) is 0. The minimum Gasteiger partial charge on any atom is -0.464 e. The molecule has 0 heterocycles. The van der Waals surface area contributed by atoms with Crippen molar-refractivity contribution in [3.05, 3.63) is 0 Å². The maximum Gasteiger partial charge on any atom is 0.323 e. The Morgan fingerprint density at radius 3 is 2.77 bits per heavy atom. The summed E-state index contributed by atoms with van der Waals surface area (Å²) in [5.41, 5.74) is 5.31. The Morgan fingerprint density at radius 1 is 1.69 bits per heavy atom. The van der Waals surface area contributed by atoms with Gasteiger partial charge >= 0.3 is 5.97 Å². The monoisotopic (exact) mass is 203 g/mol. The fourth-order valence-corrected chi connectivity index (χ4v) is 0.686. The smallest absolute Gasteiger partial charge is 0.323 e. The van der Waals surface area contributed by atoms with Gasteiger partial charge in [-0.2, -0.15) is 0 Å². The number of ether oxygens (including phenoxy) is 1. The van der Waals surface area contributed by atoms with Gasteiger partial charge in [0, 0.05) is 12.8 Å². The molecule has 0 saturated heterocycles. The van der Waals surface area contributed by atoms with Crippen molar-refractivity contribution in [3.8, 4) is 0 Å². The average molecular weight is 203 g/mol. The SMILES string of the molecule is CC(=S)CCOC(=O)C(N)CC=O. The quantitative estimate of drug-likeness (QED) is 0.380. The lowest BCUT2D eigenvalue weighted by atomic mass is 10.2. The molecule has 0 aliphatic heterocycles. The van der Waals surface area contributed by atoms with Crippen molar-refractivity contribution in [2.45, 2.75) is 25.8 Å². The second kappa shape index (κ2) is 6.68. The van der Waals surface area contributed by atoms with E-state index in [1.54, 1.807) is 6.92 Å². The third-order valence-corrected chi connectivity index (χ3v) is 1.56. The van der Waals surface area contributed by atoms with Crippen molar-refractivity contribution >= 4 is 29.3 Å². The first-order valence-electron chi connectivity index (χ1n) is 3.93. The number of hydrogen-bond donors (Lipinski definition) is 1. The van der Waals surface area contributed by atoms with E-state index < -0.39 is 12.0 Å². The lowest BCUT2D eigenvalue weighted by Gasteiger charge is -2.07. The van der Waals surface area contributed by atoms with Gasteiger partial charge in [0.25, 0.3) is 0 Å². The Morgan fingerprint density at radius 2 is 2.31 bits per heavy atom. The highest BCUT2D eigenvalue weighted by molar-refractivity contribution is 7.80. The first-order valence-corrected chi connectivity index (χ1v) is 4.34. The Kier molecular flexibility index (Phi) is 6.26. The van der Waals surface area contributed by atoms with Crippen LogP contribution in [0.15, 0.2) is 0 Å². The number of thiocarbonyl (C=S) groups is 1. The third-order valence-electron chi connectivity index (χ3n) is 1.35. The normalized spacial score (nSPS) is 11.8. The summed E-state index contributed by atoms with van der Waals surface area (Å²) in [6.45, 7) is 2.01. The molecule has 13 heavy (non-hydrogen) atoms. The van der Waals surface area contributed by atoms with Crippen LogP contribution in [0.3, 0.4) is 0 Å². The van der Waals surface area contributed by atoms with Crippen LogP contribution in [-0.4, -0.2) is 29.8 Å². The van der Waals surface area contributed by atoms with Crippen LogP contribution in [0.2, 0.25) is 0 Å². The van der Waals surface area contributed by atoms with Crippen molar-refractivity contribution in [2.75, 3.05) is 6.61 Å². The number of aldehydes is 1. The van der Waals surface area contributed by atoms with Crippen molar-refractivity contribution in [2.24, 2.45) is 5.73 Å². The zero-order valence-electron chi connectivity index (χ0n) is 7.49. The number of hydrogen-bond acceptors (Lipinski definition) is 5. The summed E-state index contributed by atoms with van der Waals surface area (Å²) in [6, 6.07) is -0.845. The average Bonchev–Trinajstić information content (AvgIpc) is 2.04. The predicted molar refractivity (Wildman–Crippen MR) is 52.5 cm³/mol. The van der Waals surface area contributed by atoms with Gasteiger partial charge in [0.1, 0.15) is 12.3 Å². The van der Waals surface area contributed by atoms with Crippen molar-refractivity contribution < 1.29 is 14.3 Å². The lowest BCUT2D eigenvalue weighted by molar-refractivity contribution is -0.145. The number of carbonyl (C=O) groups is 2. The van der Waals surface area contributed by atoms with Crippen LogP contribution in [0, 0.1) is 0 Å². The van der Waals surface area contributed by atoms with E-state index in [4.69, 9.17) is 22.7 Å². The van der Waals surface area contributed by atoms with Crippen molar-refractivity contribution in [3.63, 3.8) is 0 Å². The first-order chi connectivity index (χ1) is 6.07. The molecule has 1 unspecified atom stereocenters. The van der Waals surface area contributed by atoms with Gasteiger partial charge in [-0.1, -0.05) is 12.2 Å². The molecule has 0 aliphatic carbocycles. The first kappa shape index (κ1) is 12.2. The van der Waals surface area contributed by atoms with Gasteiger partial charge in [0.2, 0.25) is 0 Å². The van der Waals surface area contributed by atoms with Gasteiger partial charge in [-0.25, -0.2) is 0 Å². The van der Waals surface area contributed by atoms with Gasteiger partial charge in [-0.05, 0) is 11.8 Å². The summed E-state index contributed by atoms with van der Waals surface area (Å²) >= 11 is 4.79. The summed E-state index contributed by atoms with van der Waals surface area (Å²) in [4.78, 5) is 21.7. The molecule has 0 bridgehead atoms. The zero-order chi connectivity index (χ0) is 10.3. The van der Waals surface area contributed by atoms with E-state index in [1.165, 1.54) is 0 Å². The summed E-state index contributed by atoms with van der Waals surface area (Å²) in [6.07, 6.45) is 1.14. The Labute approximate surface area is 82.4 Å². The van der Waals surface area contributed by atoms with Gasteiger partial charge in [-0.15, -0.1) is 0 Å². The topological polar surface area (TPSA) is 69.4 Å². The molecular weight excluding hydrogens is 190 g/mol. The minimum atomic E-state index is -0.845. The Balaban J connectivity index is 3.61. The van der Waals surface area contributed by atoms with Crippen LogP contribution in [0.25, 0.3) is 0 Å². The molecule has 2 N–H and O–H groups in total. The third kappa shape index (κ3) is 6.36. The van der Waals surface area contributed by atoms with Gasteiger partial charge in [0.05, 0.1) is 6.61 Å². The van der Waals surface area contributed by atoms with Crippen molar-refractivity contribution in [1.29, 1.82) is 0 Å². The lowest BCUT2D eigenvalue weighted by Crippen LogP contribution is -2.32. The molecule has 4 nitrogen and oxygen atoms in total. The van der Waals surface area contributed by atoms with E-state index in [9.17, 15) is 9.59 Å². The zero-order valence-corrected chi connectivity index (χ0v) is 8.30. The van der Waals surface area contributed by atoms with Crippen LogP contribution in [-0.2, 0) is 14.3 Å². The molecule has 5 heteroatoms. The van der Waals surface area contributed by atoms with Crippen LogP contribution < -0.4 is 5.73 Å². The summed E-state index contributed by atoms with van der Waals surface area (Å²) < 4.78 is 4.76. The van der Waals surface area contributed by atoms with E-state index in [-0.39, 0.29) is 13.0 Å². The molecule has 0 fully saturated rings. The van der Waals surface area contributed by atoms with Crippen LogP contribution >= 0.6 is 12.2 Å². The molecule has 0 radical (unpaired) electrons. The number of rotatable bonds is 6. The Bertz CT molecular complexity index is 206. The minimum absolute atomic E-state index is 0.00456. The molecule has 0 aromatic rings. The fourth-order valence-electron chi connectivity index (χ4n) is 0.602. The summed E-state index contributed by atoms with van der Waals surface area (Å²) in [5.74, 6) is -0.552. The second-order valence-corrected chi connectivity index (χ2v) is 3.33. The van der Waals surface area contributed by atoms with Gasteiger partial charge in [-0.3, -0.25) is 4.79 Å². The predicted octanol–water partition coefficient (Wildman–Crippen LogP) is 0.226. The highest BCUT2D eigenvalue weighted by atomic mass is 32.1. The van der Waals surface area contributed by atoms with E-state index >= 15 is 0 Å². The standard InChI is InChI=1S/C8H13NO3S/c1-6(13)3-5-12-8(11)7(9)2-4-10/h4,7H,2-3,5,9H2,1H3. The summed E-state index contributed by atoms with van der Waals surface area (Å²) in [7, 11) is 0. The molecule has 0 aromatic carbocycles. The van der Waals surface area contributed by atoms with E-state index in [0.29, 0.717) is 12.7 Å². The number of esters is 1. The fraction of sp³-hybridized carbons (Fsp3) is 0.625. The largest absolute Gasteiger partial charge is 0.464 e. The van der Waals surface area contributed by atoms with Crippen LogP contribution in [0.1, 0.15) is 19.8 Å². The molecule has 0 amide bonds. The van der Waals surface area contributed by atoms with E-state index in [1.807, 2.05) is 0 Å². The highest BCUT2D eigenvalue weighted by Gasteiger charge is 2.13. The van der Waals surface area contributed by atoms with Gasteiger partial charge < -0.3 is 15.3 Å². The maximum absolute atomic E-state index is 11.0. The molecule has 0 saturated carbocycles. The number of carbonyl (C=O) groups excluding carboxylic acids is 2. The molecular formula is C8H13NO3S. The van der Waals surface area contributed by atoms with Crippen molar-refractivity contribution in [1.82, 2.24) is 0 Å². The maximum atomic E-state index is 11.0. The Hall–Kier alpha value is -0.810.